The fourth-order valence-corrected chi connectivity index (χ4v) is 3.38. The van der Waals surface area contributed by atoms with Crippen molar-refractivity contribution in [3.63, 3.8) is 0 Å². The number of nitrogens with zero attached hydrogens (tertiary/aromatic N) is 3. The van der Waals surface area contributed by atoms with Gasteiger partial charge in [0.1, 0.15) is 5.69 Å². The van der Waals surface area contributed by atoms with Gasteiger partial charge in [0, 0.05) is 11.1 Å². The van der Waals surface area contributed by atoms with Crippen LogP contribution in [-0.2, 0) is 0 Å². The summed E-state index contributed by atoms with van der Waals surface area (Å²) in [5.41, 5.74) is 1.31. The number of anilines is 1. The van der Waals surface area contributed by atoms with Crippen LogP contribution in [0, 0.1) is 6.92 Å². The van der Waals surface area contributed by atoms with E-state index < -0.39 is 0 Å². The van der Waals surface area contributed by atoms with Gasteiger partial charge in [-0.2, -0.15) is 0 Å². The molecule has 2 aromatic rings. The molecule has 0 radical (unpaired) electrons. The van der Waals surface area contributed by atoms with E-state index in [2.05, 4.69) is 9.98 Å². The van der Waals surface area contributed by atoms with E-state index in [4.69, 9.17) is 0 Å². The van der Waals surface area contributed by atoms with Crippen LogP contribution in [0.1, 0.15) is 15.5 Å². The molecule has 6 heteroatoms. The maximum atomic E-state index is 12.7. The van der Waals surface area contributed by atoms with Crippen molar-refractivity contribution in [3.8, 4) is 0 Å². The number of hydrogen-bond acceptors (Lipinski definition) is 5. The summed E-state index contributed by atoms with van der Waals surface area (Å²) >= 11 is 3.09. The average molecular weight is 303 g/mol. The number of carbonyl (C=O) groups is 1. The van der Waals surface area contributed by atoms with Gasteiger partial charge >= 0.3 is 0 Å². The first-order valence-electron chi connectivity index (χ1n) is 6.24. The molecule has 0 saturated heterocycles. The normalized spacial score (nSPS) is 14.2. The third kappa shape index (κ3) is 2.62. The molecule has 0 atom stereocenters. The fraction of sp³-hybridized carbons (Fsp3) is 0.214. The minimum atomic E-state index is -0.117. The third-order valence-electron chi connectivity index (χ3n) is 2.82. The molecule has 0 unspecified atom stereocenters. The molecule has 1 aliphatic heterocycles. The molecule has 3 rings (SSSR count). The summed E-state index contributed by atoms with van der Waals surface area (Å²) in [6, 6.07) is 9.60. The Kier molecular flexibility index (Phi) is 3.84. The lowest BCUT2D eigenvalue weighted by molar-refractivity contribution is 0.0999. The van der Waals surface area contributed by atoms with Crippen molar-refractivity contribution in [3.05, 3.63) is 46.4 Å². The van der Waals surface area contributed by atoms with Gasteiger partial charge in [-0.25, -0.2) is 4.98 Å². The number of amides is 1. The van der Waals surface area contributed by atoms with Crippen LogP contribution in [-0.4, -0.2) is 28.4 Å². The summed E-state index contributed by atoms with van der Waals surface area (Å²) in [4.78, 5) is 23.1. The van der Waals surface area contributed by atoms with Gasteiger partial charge in [0.05, 0.1) is 17.2 Å². The third-order valence-corrected chi connectivity index (χ3v) is 4.55. The van der Waals surface area contributed by atoms with Crippen LogP contribution >= 0.6 is 23.1 Å². The van der Waals surface area contributed by atoms with E-state index in [0.717, 1.165) is 28.2 Å². The highest BCUT2D eigenvalue weighted by Gasteiger charge is 2.26. The van der Waals surface area contributed by atoms with Crippen molar-refractivity contribution in [1.29, 1.82) is 0 Å². The molecule has 20 heavy (non-hydrogen) atoms. The first-order valence-corrected chi connectivity index (χ1v) is 8.11. The van der Waals surface area contributed by atoms with Crippen LogP contribution in [0.2, 0.25) is 0 Å². The maximum absolute atomic E-state index is 12.7. The quantitative estimate of drug-likeness (QED) is 0.856. The number of aromatic nitrogens is 1. The SMILES string of the molecule is Cc1nc(C(=O)N(C2=NCCS2)c2ccccc2)cs1. The topological polar surface area (TPSA) is 45.6 Å². The molecule has 102 valence electrons. The Balaban J connectivity index is 1.99. The second-order valence-corrected chi connectivity index (χ2v) is 6.36. The predicted octanol–water partition coefficient (Wildman–Crippen LogP) is 3.20. The standard InChI is InChI=1S/C14H13N3OS2/c1-10-16-12(9-20-10)13(18)17(14-15-7-8-19-14)11-5-3-2-4-6-11/h2-6,9H,7-8H2,1H3. The fourth-order valence-electron chi connectivity index (χ4n) is 1.93. The van der Waals surface area contributed by atoms with Gasteiger partial charge < -0.3 is 0 Å². The van der Waals surface area contributed by atoms with Crippen LogP contribution in [0.4, 0.5) is 5.69 Å². The first kappa shape index (κ1) is 13.3. The smallest absolute Gasteiger partial charge is 0.266 e. The van der Waals surface area contributed by atoms with Crippen LogP contribution in [0.5, 0.6) is 0 Å². The number of aryl methyl sites for hydroxylation is 1. The van der Waals surface area contributed by atoms with Gasteiger partial charge in [-0.05, 0) is 19.1 Å². The minimum absolute atomic E-state index is 0.117. The number of hydrogen-bond donors (Lipinski definition) is 0. The van der Waals surface area contributed by atoms with E-state index in [-0.39, 0.29) is 5.91 Å². The zero-order valence-corrected chi connectivity index (χ0v) is 12.6. The number of thioether (sulfide) groups is 1. The Morgan fingerprint density at radius 3 is 2.70 bits per heavy atom. The van der Waals surface area contributed by atoms with E-state index in [1.54, 1.807) is 22.0 Å². The number of benzene rings is 1. The van der Waals surface area contributed by atoms with Crippen LogP contribution in [0.25, 0.3) is 0 Å². The molecule has 0 fully saturated rings. The van der Waals surface area contributed by atoms with Gasteiger partial charge in [0.2, 0.25) is 0 Å². The van der Waals surface area contributed by atoms with Crippen molar-refractivity contribution >= 4 is 39.9 Å². The van der Waals surface area contributed by atoms with Crippen LogP contribution in [0.15, 0.2) is 40.7 Å². The summed E-state index contributed by atoms with van der Waals surface area (Å²) in [6.45, 7) is 2.66. The molecule has 2 heterocycles. The number of aliphatic imine (C=N–C) groups is 1. The lowest BCUT2D eigenvalue weighted by atomic mass is 10.3. The van der Waals surface area contributed by atoms with Crippen molar-refractivity contribution in [2.45, 2.75) is 6.92 Å². The zero-order chi connectivity index (χ0) is 13.9. The Hall–Kier alpha value is -1.66. The second-order valence-electron chi connectivity index (χ2n) is 4.24. The molecule has 1 aliphatic rings. The van der Waals surface area contributed by atoms with Gasteiger partial charge in [0.15, 0.2) is 5.17 Å². The largest absolute Gasteiger partial charge is 0.283 e. The zero-order valence-electron chi connectivity index (χ0n) is 10.9. The first-order chi connectivity index (χ1) is 9.75. The molecule has 1 aromatic carbocycles. The second kappa shape index (κ2) is 5.76. The van der Waals surface area contributed by atoms with Crippen molar-refractivity contribution in [1.82, 2.24) is 4.98 Å². The lowest BCUT2D eigenvalue weighted by Crippen LogP contribution is -2.34. The summed E-state index contributed by atoms with van der Waals surface area (Å²) in [6.07, 6.45) is 0. The highest BCUT2D eigenvalue weighted by Crippen LogP contribution is 2.25. The van der Waals surface area contributed by atoms with Crippen LogP contribution in [0.3, 0.4) is 0 Å². The number of amidine groups is 1. The lowest BCUT2D eigenvalue weighted by Gasteiger charge is -2.20. The van der Waals surface area contributed by atoms with Gasteiger partial charge in [-0.15, -0.1) is 11.3 Å². The number of rotatable bonds is 2. The van der Waals surface area contributed by atoms with Gasteiger partial charge in [0.25, 0.3) is 5.91 Å². The molecule has 0 N–H and O–H groups in total. The molecule has 1 amide bonds. The highest BCUT2D eigenvalue weighted by molar-refractivity contribution is 8.14. The van der Waals surface area contributed by atoms with Gasteiger partial charge in [-0.3, -0.25) is 14.7 Å². The molecule has 1 aromatic heterocycles. The molecular formula is C14H13N3OS2. The monoisotopic (exact) mass is 303 g/mol. The van der Waals surface area contributed by atoms with E-state index in [1.807, 2.05) is 37.3 Å². The molecule has 0 bridgehead atoms. The van der Waals surface area contributed by atoms with Crippen molar-refractivity contribution in [2.24, 2.45) is 4.99 Å². The summed E-state index contributed by atoms with van der Waals surface area (Å²) in [5, 5.41) is 3.45. The van der Waals surface area contributed by atoms with Gasteiger partial charge in [-0.1, -0.05) is 30.0 Å². The number of carbonyl (C=O) groups excluding carboxylic acids is 1. The Labute approximate surface area is 125 Å². The predicted molar refractivity (Wildman–Crippen MR) is 84.9 cm³/mol. The van der Waals surface area contributed by atoms with E-state index in [0.29, 0.717) is 5.69 Å². The molecular weight excluding hydrogens is 290 g/mol. The number of thiazole rings is 1. The molecule has 0 saturated carbocycles. The molecule has 4 nitrogen and oxygen atoms in total. The minimum Gasteiger partial charge on any atom is -0.266 e. The van der Waals surface area contributed by atoms with E-state index >= 15 is 0 Å². The summed E-state index contributed by atoms with van der Waals surface area (Å²) in [5.74, 6) is 0.802. The highest BCUT2D eigenvalue weighted by atomic mass is 32.2. The Morgan fingerprint density at radius 2 is 2.10 bits per heavy atom. The van der Waals surface area contributed by atoms with E-state index in [9.17, 15) is 4.79 Å². The van der Waals surface area contributed by atoms with E-state index in [1.165, 1.54) is 11.3 Å². The average Bonchev–Trinajstić information content (AvgIpc) is 3.12. The Bertz CT molecular complexity index is 651. The molecule has 0 spiro atoms. The summed E-state index contributed by atoms with van der Waals surface area (Å²) < 4.78 is 0. The maximum Gasteiger partial charge on any atom is 0.283 e. The molecule has 0 aliphatic carbocycles. The Morgan fingerprint density at radius 1 is 1.30 bits per heavy atom. The summed E-state index contributed by atoms with van der Waals surface area (Å²) in [7, 11) is 0. The number of para-hydroxylation sites is 1. The van der Waals surface area contributed by atoms with Crippen LogP contribution < -0.4 is 4.90 Å². The van der Waals surface area contributed by atoms with Crippen molar-refractivity contribution < 1.29 is 4.79 Å². The van der Waals surface area contributed by atoms with Crippen molar-refractivity contribution in [2.75, 3.05) is 17.2 Å².